The number of aromatic nitrogens is 2. The number of halogens is 1. The Hall–Kier alpha value is -2.79. The van der Waals surface area contributed by atoms with Gasteiger partial charge in [-0.2, -0.15) is 0 Å². The second-order valence-corrected chi connectivity index (χ2v) is 6.92. The molecule has 2 heterocycles. The van der Waals surface area contributed by atoms with E-state index in [-0.39, 0.29) is 0 Å². The van der Waals surface area contributed by atoms with Gasteiger partial charge in [-0.25, -0.2) is 9.97 Å². The number of piperazine rings is 1. The van der Waals surface area contributed by atoms with Crippen LogP contribution in [0.5, 0.6) is 0 Å². The smallest absolute Gasteiger partial charge is 0.134 e. The molecule has 0 atom stereocenters. The minimum atomic E-state index is 0.637. The molecule has 0 unspecified atom stereocenters. The maximum Gasteiger partial charge on any atom is 0.134 e. The van der Waals surface area contributed by atoms with Gasteiger partial charge in [-0.1, -0.05) is 48.0 Å². The molecule has 0 radical (unpaired) electrons. The third-order valence-electron chi connectivity index (χ3n) is 4.80. The van der Waals surface area contributed by atoms with Gasteiger partial charge in [0.2, 0.25) is 0 Å². The summed E-state index contributed by atoms with van der Waals surface area (Å²) in [6, 6.07) is 20.4. The van der Waals surface area contributed by atoms with Crippen molar-refractivity contribution in [3.8, 4) is 0 Å². The van der Waals surface area contributed by atoms with E-state index < -0.39 is 0 Å². The van der Waals surface area contributed by atoms with Gasteiger partial charge in [-0.05, 0) is 23.8 Å². The van der Waals surface area contributed by atoms with Crippen LogP contribution in [0.1, 0.15) is 5.56 Å². The van der Waals surface area contributed by atoms with E-state index >= 15 is 0 Å². The van der Waals surface area contributed by atoms with Gasteiger partial charge in [0.25, 0.3) is 0 Å². The van der Waals surface area contributed by atoms with Crippen LogP contribution >= 0.6 is 11.6 Å². The van der Waals surface area contributed by atoms with E-state index in [2.05, 4.69) is 55.4 Å². The largest absolute Gasteiger partial charge is 0.368 e. The van der Waals surface area contributed by atoms with Crippen LogP contribution < -0.4 is 15.1 Å². The van der Waals surface area contributed by atoms with Gasteiger partial charge in [0.15, 0.2) is 0 Å². The third-order valence-corrected chi connectivity index (χ3v) is 5.16. The average molecular weight is 380 g/mol. The molecule has 1 N–H and O–H groups in total. The zero-order chi connectivity index (χ0) is 18.5. The van der Waals surface area contributed by atoms with Crippen LogP contribution in [0.2, 0.25) is 5.02 Å². The minimum Gasteiger partial charge on any atom is -0.368 e. The van der Waals surface area contributed by atoms with Crippen molar-refractivity contribution in [2.45, 2.75) is 6.54 Å². The quantitative estimate of drug-likeness (QED) is 0.724. The highest BCUT2D eigenvalue weighted by molar-refractivity contribution is 6.31. The summed E-state index contributed by atoms with van der Waals surface area (Å²) >= 11 is 6.22. The van der Waals surface area contributed by atoms with Gasteiger partial charge in [0, 0.05) is 49.5 Å². The summed E-state index contributed by atoms with van der Waals surface area (Å²) < 4.78 is 0. The Morgan fingerprint density at radius 2 is 1.56 bits per heavy atom. The molecule has 6 heteroatoms. The normalized spacial score (nSPS) is 14.3. The van der Waals surface area contributed by atoms with Crippen molar-refractivity contribution in [1.82, 2.24) is 9.97 Å². The van der Waals surface area contributed by atoms with E-state index in [0.29, 0.717) is 6.54 Å². The minimum absolute atomic E-state index is 0.637. The number of anilines is 3. The molecule has 0 spiro atoms. The van der Waals surface area contributed by atoms with Crippen molar-refractivity contribution in [1.29, 1.82) is 0 Å². The molecule has 0 bridgehead atoms. The van der Waals surface area contributed by atoms with Gasteiger partial charge >= 0.3 is 0 Å². The molecule has 4 rings (SSSR count). The van der Waals surface area contributed by atoms with E-state index in [0.717, 1.165) is 48.4 Å². The predicted octanol–water partition coefficient (Wildman–Crippen LogP) is 4.07. The summed E-state index contributed by atoms with van der Waals surface area (Å²) in [7, 11) is 0. The van der Waals surface area contributed by atoms with Crippen molar-refractivity contribution in [2.75, 3.05) is 41.3 Å². The SMILES string of the molecule is Clc1ccccc1CNc1cc(N2CCN(c3ccccc3)CC2)ncn1. The number of para-hydroxylation sites is 1. The molecule has 0 saturated carbocycles. The van der Waals surface area contributed by atoms with Gasteiger partial charge in [-0.15, -0.1) is 0 Å². The summed E-state index contributed by atoms with van der Waals surface area (Å²) in [5, 5.41) is 4.10. The first-order chi connectivity index (χ1) is 13.3. The van der Waals surface area contributed by atoms with Crippen LogP contribution in [-0.4, -0.2) is 36.1 Å². The number of nitrogens with one attached hydrogen (secondary N) is 1. The molecule has 1 aromatic heterocycles. The fourth-order valence-corrected chi connectivity index (χ4v) is 3.48. The van der Waals surface area contributed by atoms with Crippen molar-refractivity contribution in [2.24, 2.45) is 0 Å². The van der Waals surface area contributed by atoms with E-state index in [1.807, 2.05) is 30.3 Å². The van der Waals surface area contributed by atoms with E-state index in [4.69, 9.17) is 11.6 Å². The van der Waals surface area contributed by atoms with Crippen molar-refractivity contribution in [3.63, 3.8) is 0 Å². The number of benzene rings is 2. The molecule has 138 valence electrons. The van der Waals surface area contributed by atoms with Crippen LogP contribution in [0, 0.1) is 0 Å². The number of hydrogen-bond acceptors (Lipinski definition) is 5. The number of rotatable bonds is 5. The van der Waals surface area contributed by atoms with Crippen molar-refractivity contribution in [3.05, 3.63) is 77.6 Å². The average Bonchev–Trinajstić information content (AvgIpc) is 2.74. The Morgan fingerprint density at radius 1 is 0.852 bits per heavy atom. The second kappa shape index (κ2) is 8.27. The standard InChI is InChI=1S/C21H22ClN5/c22-19-9-5-4-6-17(19)15-23-20-14-21(25-16-24-20)27-12-10-26(11-13-27)18-7-2-1-3-8-18/h1-9,14,16H,10-13,15H2,(H,23,24,25). The molecular formula is C21H22ClN5. The Bertz CT molecular complexity index is 879. The number of nitrogens with zero attached hydrogens (tertiary/aromatic N) is 4. The molecule has 1 aliphatic rings. The lowest BCUT2D eigenvalue weighted by Crippen LogP contribution is -2.46. The van der Waals surface area contributed by atoms with Crippen LogP contribution in [0.3, 0.4) is 0 Å². The lowest BCUT2D eigenvalue weighted by Gasteiger charge is -2.36. The zero-order valence-electron chi connectivity index (χ0n) is 15.1. The molecule has 0 aliphatic carbocycles. The third kappa shape index (κ3) is 4.31. The summed E-state index contributed by atoms with van der Waals surface area (Å²) in [6.07, 6.45) is 1.62. The predicted molar refractivity (Wildman–Crippen MR) is 112 cm³/mol. The molecule has 1 aliphatic heterocycles. The molecule has 1 fully saturated rings. The number of hydrogen-bond donors (Lipinski definition) is 1. The van der Waals surface area contributed by atoms with Crippen LogP contribution in [0.4, 0.5) is 17.3 Å². The van der Waals surface area contributed by atoms with Crippen LogP contribution in [0.15, 0.2) is 67.0 Å². The Balaban J connectivity index is 1.37. The maximum atomic E-state index is 6.22. The van der Waals surface area contributed by atoms with E-state index in [1.165, 1.54) is 5.69 Å². The highest BCUT2D eigenvalue weighted by atomic mass is 35.5. The Kier molecular flexibility index (Phi) is 5.39. The second-order valence-electron chi connectivity index (χ2n) is 6.52. The maximum absolute atomic E-state index is 6.22. The van der Waals surface area contributed by atoms with Gasteiger partial charge in [0.05, 0.1) is 0 Å². The van der Waals surface area contributed by atoms with E-state index in [1.54, 1.807) is 6.33 Å². The molecule has 5 nitrogen and oxygen atoms in total. The van der Waals surface area contributed by atoms with Gasteiger partial charge < -0.3 is 15.1 Å². The topological polar surface area (TPSA) is 44.3 Å². The van der Waals surface area contributed by atoms with Gasteiger partial charge in [-0.3, -0.25) is 0 Å². The lowest BCUT2D eigenvalue weighted by molar-refractivity contribution is 0.647. The lowest BCUT2D eigenvalue weighted by atomic mass is 10.2. The highest BCUT2D eigenvalue weighted by Gasteiger charge is 2.18. The first-order valence-corrected chi connectivity index (χ1v) is 9.52. The molecule has 27 heavy (non-hydrogen) atoms. The first kappa shape index (κ1) is 17.6. The Labute approximate surface area is 164 Å². The van der Waals surface area contributed by atoms with Crippen LogP contribution in [0.25, 0.3) is 0 Å². The molecule has 1 saturated heterocycles. The summed E-state index contributed by atoms with van der Waals surface area (Å²) in [4.78, 5) is 13.5. The molecular weight excluding hydrogens is 358 g/mol. The highest BCUT2D eigenvalue weighted by Crippen LogP contribution is 2.21. The fraction of sp³-hybridized carbons (Fsp3) is 0.238. The van der Waals surface area contributed by atoms with Crippen molar-refractivity contribution >= 4 is 28.9 Å². The first-order valence-electron chi connectivity index (χ1n) is 9.14. The van der Waals surface area contributed by atoms with Crippen molar-refractivity contribution < 1.29 is 0 Å². The van der Waals surface area contributed by atoms with E-state index in [9.17, 15) is 0 Å². The fourth-order valence-electron chi connectivity index (χ4n) is 3.28. The zero-order valence-corrected chi connectivity index (χ0v) is 15.8. The van der Waals surface area contributed by atoms with Crippen LogP contribution in [-0.2, 0) is 6.54 Å². The molecule has 3 aromatic rings. The summed E-state index contributed by atoms with van der Waals surface area (Å²) in [6.45, 7) is 4.48. The molecule has 0 amide bonds. The van der Waals surface area contributed by atoms with Gasteiger partial charge in [0.1, 0.15) is 18.0 Å². The Morgan fingerprint density at radius 3 is 2.33 bits per heavy atom. The molecule has 2 aromatic carbocycles. The monoisotopic (exact) mass is 379 g/mol. The summed E-state index contributed by atoms with van der Waals surface area (Å²) in [5.74, 6) is 1.77. The summed E-state index contributed by atoms with van der Waals surface area (Å²) in [5.41, 5.74) is 2.33.